The SMILES string of the molecule is N#CCCN(CCC#N)S(=O)(=O)c1ccc(N)nc1. The molecule has 0 radical (unpaired) electrons. The van der Waals surface area contributed by atoms with E-state index >= 15 is 0 Å². The lowest BCUT2D eigenvalue weighted by molar-refractivity contribution is 0.424. The van der Waals surface area contributed by atoms with E-state index in [0.29, 0.717) is 0 Å². The van der Waals surface area contributed by atoms with Gasteiger partial charge in [-0.15, -0.1) is 0 Å². The lowest BCUT2D eigenvalue weighted by atomic mass is 10.4. The second kappa shape index (κ2) is 6.69. The molecule has 7 nitrogen and oxygen atoms in total. The Labute approximate surface area is 111 Å². The highest BCUT2D eigenvalue weighted by Gasteiger charge is 2.24. The first kappa shape index (κ1) is 14.9. The van der Waals surface area contributed by atoms with E-state index in [9.17, 15) is 8.42 Å². The Balaban J connectivity index is 3.01. The van der Waals surface area contributed by atoms with Crippen molar-refractivity contribution in [2.75, 3.05) is 18.8 Å². The molecule has 0 unspecified atom stereocenters. The highest BCUT2D eigenvalue weighted by atomic mass is 32.2. The van der Waals surface area contributed by atoms with Gasteiger partial charge in [-0.05, 0) is 12.1 Å². The van der Waals surface area contributed by atoms with Crippen LogP contribution in [0.1, 0.15) is 12.8 Å². The van der Waals surface area contributed by atoms with Gasteiger partial charge in [0.2, 0.25) is 10.0 Å². The van der Waals surface area contributed by atoms with Gasteiger partial charge in [-0.1, -0.05) is 0 Å². The summed E-state index contributed by atoms with van der Waals surface area (Å²) < 4.78 is 25.7. The van der Waals surface area contributed by atoms with E-state index in [1.54, 1.807) is 0 Å². The zero-order chi connectivity index (χ0) is 14.3. The molecule has 8 heteroatoms. The zero-order valence-electron chi connectivity index (χ0n) is 10.2. The lowest BCUT2D eigenvalue weighted by Crippen LogP contribution is -2.32. The van der Waals surface area contributed by atoms with Crippen molar-refractivity contribution in [3.8, 4) is 12.1 Å². The van der Waals surface area contributed by atoms with E-state index in [0.717, 1.165) is 10.5 Å². The van der Waals surface area contributed by atoms with E-state index in [2.05, 4.69) is 4.98 Å². The molecule has 0 aliphatic heterocycles. The second-order valence-electron chi connectivity index (χ2n) is 3.64. The number of rotatable bonds is 6. The topological polar surface area (TPSA) is 124 Å². The highest BCUT2D eigenvalue weighted by Crippen LogP contribution is 2.16. The zero-order valence-corrected chi connectivity index (χ0v) is 11.0. The van der Waals surface area contributed by atoms with E-state index in [4.69, 9.17) is 16.3 Å². The van der Waals surface area contributed by atoms with Gasteiger partial charge in [0.25, 0.3) is 0 Å². The number of hydrogen-bond donors (Lipinski definition) is 1. The first-order valence-corrected chi connectivity index (χ1v) is 6.92. The van der Waals surface area contributed by atoms with Crippen LogP contribution in [0.4, 0.5) is 5.82 Å². The van der Waals surface area contributed by atoms with Gasteiger partial charge in [-0.3, -0.25) is 0 Å². The van der Waals surface area contributed by atoms with Crippen LogP contribution in [0.2, 0.25) is 0 Å². The second-order valence-corrected chi connectivity index (χ2v) is 5.58. The number of nitriles is 2. The molecule has 0 amide bonds. The molecule has 0 atom stereocenters. The molecule has 2 N–H and O–H groups in total. The predicted molar refractivity (Wildman–Crippen MR) is 67.9 cm³/mol. The van der Waals surface area contributed by atoms with Crippen LogP contribution in [-0.2, 0) is 10.0 Å². The number of hydrogen-bond acceptors (Lipinski definition) is 6. The normalized spacial score (nSPS) is 10.9. The predicted octanol–water partition coefficient (Wildman–Crippen LogP) is 0.482. The molecule has 100 valence electrons. The van der Waals surface area contributed by atoms with Crippen molar-refractivity contribution in [1.29, 1.82) is 10.5 Å². The molecule has 1 heterocycles. The summed E-state index contributed by atoms with van der Waals surface area (Å²) in [6.45, 7) is 0.0930. The minimum Gasteiger partial charge on any atom is -0.384 e. The maximum absolute atomic E-state index is 12.3. The smallest absolute Gasteiger partial charge is 0.244 e. The van der Waals surface area contributed by atoms with Gasteiger partial charge in [-0.25, -0.2) is 13.4 Å². The van der Waals surface area contributed by atoms with Crippen LogP contribution in [-0.4, -0.2) is 30.8 Å². The molecular weight excluding hydrogens is 266 g/mol. The maximum atomic E-state index is 12.3. The average Bonchev–Trinajstić information content (AvgIpc) is 2.39. The summed E-state index contributed by atoms with van der Waals surface area (Å²) in [4.78, 5) is 3.73. The Morgan fingerprint density at radius 1 is 1.21 bits per heavy atom. The van der Waals surface area contributed by atoms with Crippen LogP contribution in [0.5, 0.6) is 0 Å². The van der Waals surface area contributed by atoms with Crippen LogP contribution < -0.4 is 5.73 Å². The fraction of sp³-hybridized carbons (Fsp3) is 0.364. The molecule has 1 aromatic rings. The van der Waals surface area contributed by atoms with Crippen LogP contribution in [0.25, 0.3) is 0 Å². The number of anilines is 1. The lowest BCUT2D eigenvalue weighted by Gasteiger charge is -2.19. The number of sulfonamides is 1. The molecule has 0 saturated heterocycles. The van der Waals surface area contributed by atoms with E-state index in [-0.39, 0.29) is 36.6 Å². The largest absolute Gasteiger partial charge is 0.384 e. The Morgan fingerprint density at radius 2 is 1.79 bits per heavy atom. The summed E-state index contributed by atoms with van der Waals surface area (Å²) >= 11 is 0. The first-order chi connectivity index (χ1) is 9.02. The first-order valence-electron chi connectivity index (χ1n) is 5.48. The standard InChI is InChI=1S/C11H13N5O2S/c12-5-1-7-16(8-2-6-13)19(17,18)10-3-4-11(14)15-9-10/h3-4,9H,1-2,7-8H2,(H2,14,15). The summed E-state index contributed by atoms with van der Waals surface area (Å²) in [5.74, 6) is 0.222. The maximum Gasteiger partial charge on any atom is 0.244 e. The highest BCUT2D eigenvalue weighted by molar-refractivity contribution is 7.89. The summed E-state index contributed by atoms with van der Waals surface area (Å²) in [5.41, 5.74) is 5.40. The fourth-order valence-electron chi connectivity index (χ4n) is 1.39. The monoisotopic (exact) mass is 279 g/mol. The molecule has 19 heavy (non-hydrogen) atoms. The fourth-order valence-corrected chi connectivity index (χ4v) is 2.78. The molecule has 0 spiro atoms. The molecule has 0 aliphatic rings. The minimum absolute atomic E-state index is 0.00224. The van der Waals surface area contributed by atoms with Gasteiger partial charge in [0, 0.05) is 32.1 Å². The van der Waals surface area contributed by atoms with Crippen LogP contribution in [0.3, 0.4) is 0 Å². The quantitative estimate of drug-likeness (QED) is 0.807. The van der Waals surface area contributed by atoms with Crippen molar-refractivity contribution in [3.63, 3.8) is 0 Å². The molecule has 1 rings (SSSR count). The van der Waals surface area contributed by atoms with E-state index < -0.39 is 10.0 Å². The van der Waals surface area contributed by atoms with Gasteiger partial charge in [-0.2, -0.15) is 14.8 Å². The van der Waals surface area contributed by atoms with Crippen molar-refractivity contribution in [2.45, 2.75) is 17.7 Å². The Morgan fingerprint density at radius 3 is 2.21 bits per heavy atom. The molecule has 1 aromatic heterocycles. The Hall–Kier alpha value is -2.16. The Kier molecular flexibility index (Phi) is 5.24. The molecule has 0 aromatic carbocycles. The van der Waals surface area contributed by atoms with Crippen LogP contribution in [0, 0.1) is 22.7 Å². The third kappa shape index (κ3) is 3.91. The number of nitrogens with two attached hydrogens (primary N) is 1. The van der Waals surface area contributed by atoms with E-state index in [1.807, 2.05) is 12.1 Å². The summed E-state index contributed by atoms with van der Waals surface area (Å²) in [5, 5.41) is 17.1. The number of nitrogens with zero attached hydrogens (tertiary/aromatic N) is 4. The minimum atomic E-state index is -3.75. The van der Waals surface area contributed by atoms with E-state index in [1.165, 1.54) is 12.1 Å². The molecule has 0 fully saturated rings. The van der Waals surface area contributed by atoms with Crippen LogP contribution >= 0.6 is 0 Å². The summed E-state index contributed by atoms with van der Waals surface area (Å²) in [6.07, 6.45) is 1.29. The Bertz CT molecular complexity index is 579. The number of aromatic nitrogens is 1. The van der Waals surface area contributed by atoms with Crippen molar-refractivity contribution >= 4 is 15.8 Å². The van der Waals surface area contributed by atoms with Gasteiger partial charge >= 0.3 is 0 Å². The third-order valence-electron chi connectivity index (χ3n) is 2.34. The van der Waals surface area contributed by atoms with Gasteiger partial charge < -0.3 is 5.73 Å². The molecule has 0 aliphatic carbocycles. The van der Waals surface area contributed by atoms with Gasteiger partial charge in [0.1, 0.15) is 10.7 Å². The average molecular weight is 279 g/mol. The molecular formula is C11H13N5O2S. The molecule has 0 bridgehead atoms. The number of nitrogen functional groups attached to an aromatic ring is 1. The van der Waals surface area contributed by atoms with Crippen molar-refractivity contribution in [2.24, 2.45) is 0 Å². The number of pyridine rings is 1. The summed E-state index contributed by atoms with van der Waals surface area (Å²) in [7, 11) is -3.75. The van der Waals surface area contributed by atoms with Crippen molar-refractivity contribution in [1.82, 2.24) is 9.29 Å². The van der Waals surface area contributed by atoms with Gasteiger partial charge in [0.05, 0.1) is 12.1 Å². The summed E-state index contributed by atoms with van der Waals surface area (Å²) in [6, 6.07) is 6.50. The van der Waals surface area contributed by atoms with Crippen LogP contribution in [0.15, 0.2) is 23.2 Å². The van der Waals surface area contributed by atoms with Gasteiger partial charge in [0.15, 0.2) is 0 Å². The molecule has 0 saturated carbocycles. The van der Waals surface area contributed by atoms with Crippen molar-refractivity contribution < 1.29 is 8.42 Å². The van der Waals surface area contributed by atoms with Crippen molar-refractivity contribution in [3.05, 3.63) is 18.3 Å². The third-order valence-corrected chi connectivity index (χ3v) is 4.23.